The van der Waals surface area contributed by atoms with Crippen LogP contribution < -0.4 is 10.6 Å². The van der Waals surface area contributed by atoms with Gasteiger partial charge in [-0.25, -0.2) is 0 Å². The van der Waals surface area contributed by atoms with Gasteiger partial charge in [0.25, 0.3) is 0 Å². The first-order chi connectivity index (χ1) is 12.7. The molecule has 2 aromatic rings. The molecule has 1 saturated carbocycles. The minimum atomic E-state index is 0. The smallest absolute Gasteiger partial charge is 0.220 e. The number of aromatic nitrogens is 3. The largest absolute Gasteiger partial charge is 0.347 e. The quantitative estimate of drug-likeness (QED) is 0.745. The second-order valence-corrected chi connectivity index (χ2v) is 7.52. The first kappa shape index (κ1) is 22.7. The zero-order chi connectivity index (χ0) is 17.9. The lowest BCUT2D eigenvalue weighted by Gasteiger charge is -2.18. The molecule has 1 unspecified atom stereocenters. The maximum atomic E-state index is 12.5. The van der Waals surface area contributed by atoms with Gasteiger partial charge in [0.1, 0.15) is 0 Å². The monoisotopic (exact) mass is 425 g/mol. The summed E-state index contributed by atoms with van der Waals surface area (Å²) in [6.45, 7) is 4.92. The standard InChI is InChI=1S/C20H27N5O.2ClH/c1-14-7-9-22-18(11-14)20(15-3-4-15)23-19(26)6-5-16-12-17-13-21-8-2-10-25(17)24-16;;/h7,9,11-12,15,20-21H,2-6,8,10,13H2,1H3,(H,23,26);2*1H. The summed E-state index contributed by atoms with van der Waals surface area (Å²) in [5.74, 6) is 0.620. The number of amides is 1. The summed E-state index contributed by atoms with van der Waals surface area (Å²) >= 11 is 0. The fraction of sp³-hybridized carbons (Fsp3) is 0.550. The van der Waals surface area contributed by atoms with Gasteiger partial charge in [0.2, 0.25) is 5.91 Å². The van der Waals surface area contributed by atoms with Gasteiger partial charge < -0.3 is 10.6 Å². The van der Waals surface area contributed by atoms with E-state index in [1.165, 1.54) is 24.1 Å². The van der Waals surface area contributed by atoms with E-state index in [0.29, 0.717) is 18.8 Å². The van der Waals surface area contributed by atoms with Crippen molar-refractivity contribution in [2.45, 2.75) is 58.2 Å². The molecule has 0 spiro atoms. The van der Waals surface area contributed by atoms with Crippen LogP contribution in [0.4, 0.5) is 0 Å². The maximum absolute atomic E-state index is 12.5. The molecule has 2 aliphatic rings. The third kappa shape index (κ3) is 5.69. The highest BCUT2D eigenvalue weighted by Gasteiger charge is 2.34. The summed E-state index contributed by atoms with van der Waals surface area (Å²) in [5, 5.41) is 11.3. The predicted molar refractivity (Wildman–Crippen MR) is 114 cm³/mol. The summed E-state index contributed by atoms with van der Waals surface area (Å²) in [4.78, 5) is 17.0. The van der Waals surface area contributed by atoms with Crippen LogP contribution in [0.25, 0.3) is 0 Å². The fourth-order valence-electron chi connectivity index (χ4n) is 3.62. The molecule has 6 nitrogen and oxygen atoms in total. The zero-order valence-corrected chi connectivity index (χ0v) is 17.8. The van der Waals surface area contributed by atoms with Gasteiger partial charge in [0, 0.05) is 32.1 Å². The number of aryl methyl sites for hydroxylation is 3. The average Bonchev–Trinajstić information content (AvgIpc) is 3.43. The van der Waals surface area contributed by atoms with Crippen molar-refractivity contribution in [1.82, 2.24) is 25.4 Å². The van der Waals surface area contributed by atoms with Gasteiger partial charge in [-0.1, -0.05) is 0 Å². The molecular formula is C20H29Cl2N5O. The second-order valence-electron chi connectivity index (χ2n) is 7.52. The van der Waals surface area contributed by atoms with Gasteiger partial charge in [-0.3, -0.25) is 14.5 Å². The highest BCUT2D eigenvalue weighted by molar-refractivity contribution is 5.85. The molecule has 1 atom stereocenters. The van der Waals surface area contributed by atoms with Gasteiger partial charge in [-0.2, -0.15) is 5.10 Å². The molecule has 1 amide bonds. The Bertz CT molecular complexity index is 767. The van der Waals surface area contributed by atoms with Crippen LogP contribution in [0.5, 0.6) is 0 Å². The number of carbonyl (C=O) groups is 1. The SMILES string of the molecule is Cc1ccnc(C(NC(=O)CCc2cc3n(n2)CCCNC3)C2CC2)c1.Cl.Cl. The number of pyridine rings is 1. The molecule has 1 fully saturated rings. The second kappa shape index (κ2) is 10.2. The molecule has 3 heterocycles. The molecule has 0 aromatic carbocycles. The Balaban J connectivity index is 0.00000140. The Morgan fingerprint density at radius 1 is 1.36 bits per heavy atom. The third-order valence-corrected chi connectivity index (χ3v) is 5.22. The molecule has 154 valence electrons. The minimum absolute atomic E-state index is 0. The molecule has 1 aliphatic carbocycles. The number of carbonyl (C=O) groups excluding carboxylic acids is 1. The summed E-state index contributed by atoms with van der Waals surface area (Å²) < 4.78 is 2.08. The minimum Gasteiger partial charge on any atom is -0.347 e. The van der Waals surface area contributed by atoms with Crippen LogP contribution in [0, 0.1) is 12.8 Å². The van der Waals surface area contributed by atoms with E-state index >= 15 is 0 Å². The maximum Gasteiger partial charge on any atom is 0.220 e. The van der Waals surface area contributed by atoms with Crippen molar-refractivity contribution in [3.8, 4) is 0 Å². The Kier molecular flexibility index (Phi) is 8.28. The van der Waals surface area contributed by atoms with Gasteiger partial charge in [-0.05, 0) is 62.4 Å². The van der Waals surface area contributed by atoms with Crippen LogP contribution in [0.1, 0.15) is 54.4 Å². The first-order valence-electron chi connectivity index (χ1n) is 9.67. The fourth-order valence-corrected chi connectivity index (χ4v) is 3.62. The van der Waals surface area contributed by atoms with Crippen molar-refractivity contribution in [2.75, 3.05) is 6.54 Å². The zero-order valence-electron chi connectivity index (χ0n) is 16.2. The molecule has 4 rings (SSSR count). The van der Waals surface area contributed by atoms with E-state index in [9.17, 15) is 4.79 Å². The van der Waals surface area contributed by atoms with Crippen LogP contribution >= 0.6 is 24.8 Å². The number of fused-ring (bicyclic) bond motifs is 1. The van der Waals surface area contributed by atoms with Crippen LogP contribution in [0.15, 0.2) is 24.4 Å². The van der Waals surface area contributed by atoms with Crippen molar-refractivity contribution in [3.63, 3.8) is 0 Å². The summed E-state index contributed by atoms with van der Waals surface area (Å²) in [5.41, 5.74) is 4.40. The van der Waals surface area contributed by atoms with E-state index in [-0.39, 0.29) is 36.8 Å². The molecule has 8 heteroatoms. The summed E-state index contributed by atoms with van der Waals surface area (Å²) in [6, 6.07) is 6.26. The van der Waals surface area contributed by atoms with E-state index in [2.05, 4.69) is 44.5 Å². The Hall–Kier alpha value is -1.63. The number of hydrogen-bond acceptors (Lipinski definition) is 4. The highest BCUT2D eigenvalue weighted by atomic mass is 35.5. The molecule has 0 saturated heterocycles. The number of rotatable bonds is 6. The van der Waals surface area contributed by atoms with E-state index in [4.69, 9.17) is 0 Å². The van der Waals surface area contributed by atoms with Gasteiger partial charge in [-0.15, -0.1) is 24.8 Å². The van der Waals surface area contributed by atoms with Crippen LogP contribution in [-0.4, -0.2) is 27.2 Å². The van der Waals surface area contributed by atoms with E-state index in [1.54, 1.807) is 0 Å². The molecule has 28 heavy (non-hydrogen) atoms. The van der Waals surface area contributed by atoms with Crippen LogP contribution in [-0.2, 0) is 24.3 Å². The van der Waals surface area contributed by atoms with Crippen molar-refractivity contribution in [3.05, 3.63) is 47.0 Å². The molecular weight excluding hydrogens is 397 g/mol. The van der Waals surface area contributed by atoms with E-state index in [0.717, 1.165) is 37.4 Å². The number of halogens is 2. The first-order valence-corrected chi connectivity index (χ1v) is 9.67. The number of nitrogens with one attached hydrogen (secondary N) is 2. The van der Waals surface area contributed by atoms with Gasteiger partial charge in [0.15, 0.2) is 0 Å². The van der Waals surface area contributed by atoms with Crippen molar-refractivity contribution in [2.24, 2.45) is 5.92 Å². The molecule has 1 aliphatic heterocycles. The summed E-state index contributed by atoms with van der Waals surface area (Å²) in [7, 11) is 0. The number of hydrogen-bond donors (Lipinski definition) is 2. The molecule has 2 aromatic heterocycles. The van der Waals surface area contributed by atoms with Crippen molar-refractivity contribution < 1.29 is 4.79 Å². The van der Waals surface area contributed by atoms with E-state index in [1.807, 2.05) is 12.3 Å². The Morgan fingerprint density at radius 3 is 2.93 bits per heavy atom. The van der Waals surface area contributed by atoms with Crippen molar-refractivity contribution >= 4 is 30.7 Å². The Morgan fingerprint density at radius 2 is 2.18 bits per heavy atom. The van der Waals surface area contributed by atoms with Crippen molar-refractivity contribution in [1.29, 1.82) is 0 Å². The molecule has 2 N–H and O–H groups in total. The molecule has 0 radical (unpaired) electrons. The average molecular weight is 426 g/mol. The van der Waals surface area contributed by atoms with Crippen LogP contribution in [0.2, 0.25) is 0 Å². The normalized spacial score (nSPS) is 16.8. The predicted octanol–water partition coefficient (Wildman–Crippen LogP) is 3.12. The lowest BCUT2D eigenvalue weighted by Crippen LogP contribution is -2.30. The topological polar surface area (TPSA) is 71.8 Å². The molecule has 0 bridgehead atoms. The van der Waals surface area contributed by atoms with E-state index < -0.39 is 0 Å². The van der Waals surface area contributed by atoms with Crippen LogP contribution in [0.3, 0.4) is 0 Å². The Labute approximate surface area is 178 Å². The third-order valence-electron chi connectivity index (χ3n) is 5.22. The summed E-state index contributed by atoms with van der Waals surface area (Å²) in [6.07, 6.45) is 6.42. The van der Waals surface area contributed by atoms with Gasteiger partial charge >= 0.3 is 0 Å². The highest BCUT2D eigenvalue weighted by Crippen LogP contribution is 2.40. The number of nitrogens with zero attached hydrogens (tertiary/aromatic N) is 3. The lowest BCUT2D eigenvalue weighted by atomic mass is 10.1. The lowest BCUT2D eigenvalue weighted by molar-refractivity contribution is -0.122. The van der Waals surface area contributed by atoms with Gasteiger partial charge in [0.05, 0.1) is 23.1 Å².